The maximum atomic E-state index is 12.2. The Morgan fingerprint density at radius 1 is 1.17 bits per heavy atom. The number of thiocarbonyl (C=S) groups is 1. The number of carbonyl (C=O) groups is 1. The highest BCUT2D eigenvalue weighted by Crippen LogP contribution is 2.22. The molecule has 2 aromatic carbocycles. The van der Waals surface area contributed by atoms with E-state index in [1.807, 2.05) is 25.1 Å². The van der Waals surface area contributed by atoms with Crippen LogP contribution in [-0.4, -0.2) is 24.7 Å². The highest BCUT2D eigenvalue weighted by molar-refractivity contribution is 7.80. The lowest BCUT2D eigenvalue weighted by molar-refractivity contribution is 0.0977. The summed E-state index contributed by atoms with van der Waals surface area (Å²) < 4.78 is 10.6. The highest BCUT2D eigenvalue weighted by Gasteiger charge is 2.10. The van der Waals surface area contributed by atoms with Crippen molar-refractivity contribution in [1.82, 2.24) is 5.32 Å². The van der Waals surface area contributed by atoms with E-state index in [-0.39, 0.29) is 11.0 Å². The topological polar surface area (TPSA) is 59.6 Å². The van der Waals surface area contributed by atoms with Crippen LogP contribution in [0.1, 0.15) is 17.3 Å². The molecule has 0 unspecified atom stereocenters. The van der Waals surface area contributed by atoms with Crippen LogP contribution in [0, 0.1) is 0 Å². The molecule has 0 atom stereocenters. The Morgan fingerprint density at radius 3 is 2.70 bits per heavy atom. The Balaban J connectivity index is 2.02. The van der Waals surface area contributed by atoms with Gasteiger partial charge < -0.3 is 14.8 Å². The van der Waals surface area contributed by atoms with E-state index in [9.17, 15) is 4.79 Å². The maximum absolute atomic E-state index is 12.2. The number of para-hydroxylation sites is 2. The van der Waals surface area contributed by atoms with Crippen LogP contribution in [0.5, 0.6) is 11.5 Å². The standard InChI is InChI=1S/C17H18N2O3S/c1-3-22-13-8-6-7-12(11-13)16(20)19-17(23)18-14-9-4-5-10-15(14)21-2/h4-11H,3H2,1-2H3,(H2,18,19,20,23). The number of benzene rings is 2. The maximum Gasteiger partial charge on any atom is 0.257 e. The zero-order chi connectivity index (χ0) is 16.7. The molecule has 0 bridgehead atoms. The van der Waals surface area contributed by atoms with Crippen molar-refractivity contribution in [3.63, 3.8) is 0 Å². The molecule has 120 valence electrons. The number of methoxy groups -OCH3 is 1. The van der Waals surface area contributed by atoms with Crippen LogP contribution in [0.15, 0.2) is 48.5 Å². The lowest BCUT2D eigenvalue weighted by Gasteiger charge is -2.12. The van der Waals surface area contributed by atoms with Gasteiger partial charge >= 0.3 is 0 Å². The van der Waals surface area contributed by atoms with E-state index >= 15 is 0 Å². The summed E-state index contributed by atoms with van der Waals surface area (Å²) in [5.41, 5.74) is 1.16. The molecule has 2 rings (SSSR count). The van der Waals surface area contributed by atoms with Crippen LogP contribution < -0.4 is 20.1 Å². The summed E-state index contributed by atoms with van der Waals surface area (Å²) in [5, 5.41) is 5.78. The molecule has 2 N–H and O–H groups in total. The summed E-state index contributed by atoms with van der Waals surface area (Å²) in [4.78, 5) is 12.2. The Hall–Kier alpha value is -2.60. The fraction of sp³-hybridized carbons (Fsp3) is 0.176. The lowest BCUT2D eigenvalue weighted by atomic mass is 10.2. The molecule has 0 aliphatic carbocycles. The monoisotopic (exact) mass is 330 g/mol. The molecule has 0 fully saturated rings. The fourth-order valence-corrected chi connectivity index (χ4v) is 2.17. The first-order valence-corrected chi connectivity index (χ1v) is 7.53. The second-order valence-corrected chi connectivity index (χ2v) is 4.98. The largest absolute Gasteiger partial charge is 0.495 e. The molecule has 2 aromatic rings. The SMILES string of the molecule is CCOc1cccc(C(=O)NC(=S)Nc2ccccc2OC)c1. The summed E-state index contributed by atoms with van der Waals surface area (Å²) in [5.74, 6) is 0.977. The van der Waals surface area contributed by atoms with Gasteiger partial charge in [-0.1, -0.05) is 18.2 Å². The van der Waals surface area contributed by atoms with Gasteiger partial charge in [0.1, 0.15) is 11.5 Å². The van der Waals surface area contributed by atoms with Crippen molar-refractivity contribution in [3.05, 3.63) is 54.1 Å². The number of carbonyl (C=O) groups excluding carboxylic acids is 1. The summed E-state index contributed by atoms with van der Waals surface area (Å²) in [6, 6.07) is 14.2. The third-order valence-corrected chi connectivity index (χ3v) is 3.19. The number of amides is 1. The van der Waals surface area contributed by atoms with Gasteiger partial charge in [0.05, 0.1) is 19.4 Å². The third kappa shape index (κ3) is 4.69. The van der Waals surface area contributed by atoms with Gasteiger partial charge in [0.15, 0.2) is 5.11 Å². The van der Waals surface area contributed by atoms with Gasteiger partial charge in [-0.3, -0.25) is 10.1 Å². The summed E-state index contributed by atoms with van der Waals surface area (Å²) in [6.45, 7) is 2.43. The minimum atomic E-state index is -0.307. The molecule has 0 aliphatic heterocycles. The van der Waals surface area contributed by atoms with E-state index in [1.54, 1.807) is 37.4 Å². The Kier molecular flexibility index (Phi) is 5.94. The van der Waals surface area contributed by atoms with Crippen molar-refractivity contribution >= 4 is 28.9 Å². The van der Waals surface area contributed by atoms with E-state index in [0.717, 1.165) is 0 Å². The molecule has 0 saturated carbocycles. The van der Waals surface area contributed by atoms with E-state index in [2.05, 4.69) is 10.6 Å². The Bertz CT molecular complexity index is 704. The minimum Gasteiger partial charge on any atom is -0.495 e. The molecule has 0 spiro atoms. The predicted octanol–water partition coefficient (Wildman–Crippen LogP) is 3.22. The lowest BCUT2D eigenvalue weighted by Crippen LogP contribution is -2.34. The molecule has 0 saturated heterocycles. The van der Waals surface area contributed by atoms with Crippen LogP contribution in [0.4, 0.5) is 5.69 Å². The van der Waals surface area contributed by atoms with E-state index < -0.39 is 0 Å². The first kappa shape index (κ1) is 16.8. The summed E-state index contributed by atoms with van der Waals surface area (Å²) >= 11 is 5.17. The number of ether oxygens (including phenoxy) is 2. The smallest absolute Gasteiger partial charge is 0.257 e. The van der Waals surface area contributed by atoms with Crippen LogP contribution in [0.2, 0.25) is 0 Å². The zero-order valence-electron chi connectivity index (χ0n) is 13.0. The van der Waals surface area contributed by atoms with Crippen molar-refractivity contribution in [2.45, 2.75) is 6.92 Å². The molecule has 23 heavy (non-hydrogen) atoms. The van der Waals surface area contributed by atoms with Gasteiger partial charge in [0.2, 0.25) is 0 Å². The quantitative estimate of drug-likeness (QED) is 0.824. The van der Waals surface area contributed by atoms with Crippen LogP contribution >= 0.6 is 12.2 Å². The Labute approximate surface area is 140 Å². The molecule has 6 heteroatoms. The average molecular weight is 330 g/mol. The molecule has 0 aromatic heterocycles. The number of hydrogen-bond acceptors (Lipinski definition) is 4. The van der Waals surface area contributed by atoms with Crippen LogP contribution in [0.3, 0.4) is 0 Å². The van der Waals surface area contributed by atoms with Gasteiger partial charge in [-0.25, -0.2) is 0 Å². The number of anilines is 1. The molecular formula is C17H18N2O3S. The zero-order valence-corrected chi connectivity index (χ0v) is 13.8. The molecule has 0 aliphatic rings. The van der Waals surface area contributed by atoms with E-state index in [1.165, 1.54) is 0 Å². The number of nitrogens with one attached hydrogen (secondary N) is 2. The second-order valence-electron chi connectivity index (χ2n) is 4.57. The molecule has 5 nitrogen and oxygen atoms in total. The van der Waals surface area contributed by atoms with Gasteiger partial charge in [-0.05, 0) is 49.5 Å². The summed E-state index contributed by atoms with van der Waals surface area (Å²) in [6.07, 6.45) is 0. The van der Waals surface area contributed by atoms with E-state index in [0.29, 0.717) is 29.4 Å². The van der Waals surface area contributed by atoms with Gasteiger partial charge in [0, 0.05) is 5.56 Å². The number of rotatable bonds is 5. The van der Waals surface area contributed by atoms with Crippen molar-refractivity contribution in [2.24, 2.45) is 0 Å². The number of hydrogen-bond donors (Lipinski definition) is 2. The van der Waals surface area contributed by atoms with Crippen LogP contribution in [0.25, 0.3) is 0 Å². The molecular weight excluding hydrogens is 312 g/mol. The van der Waals surface area contributed by atoms with Gasteiger partial charge in [-0.2, -0.15) is 0 Å². The van der Waals surface area contributed by atoms with Gasteiger partial charge in [-0.15, -0.1) is 0 Å². The fourth-order valence-electron chi connectivity index (χ4n) is 1.97. The first-order valence-electron chi connectivity index (χ1n) is 7.12. The van der Waals surface area contributed by atoms with Crippen molar-refractivity contribution in [1.29, 1.82) is 0 Å². The van der Waals surface area contributed by atoms with Crippen molar-refractivity contribution in [2.75, 3.05) is 19.0 Å². The van der Waals surface area contributed by atoms with Crippen molar-refractivity contribution < 1.29 is 14.3 Å². The minimum absolute atomic E-state index is 0.196. The third-order valence-electron chi connectivity index (χ3n) is 2.99. The predicted molar refractivity (Wildman–Crippen MR) is 94.3 cm³/mol. The first-order chi connectivity index (χ1) is 11.1. The molecule has 1 amide bonds. The normalized spacial score (nSPS) is 9.83. The van der Waals surface area contributed by atoms with E-state index in [4.69, 9.17) is 21.7 Å². The average Bonchev–Trinajstić information content (AvgIpc) is 2.56. The van der Waals surface area contributed by atoms with Crippen molar-refractivity contribution in [3.8, 4) is 11.5 Å². The highest BCUT2D eigenvalue weighted by atomic mass is 32.1. The summed E-state index contributed by atoms with van der Waals surface area (Å²) in [7, 11) is 1.57. The second kappa shape index (κ2) is 8.14. The molecule has 0 radical (unpaired) electrons. The molecule has 0 heterocycles. The Morgan fingerprint density at radius 2 is 1.96 bits per heavy atom. The van der Waals surface area contributed by atoms with Crippen LogP contribution in [-0.2, 0) is 0 Å². The van der Waals surface area contributed by atoms with Gasteiger partial charge in [0.25, 0.3) is 5.91 Å².